The average molecular weight is 482 g/mol. The molecule has 0 fully saturated rings. The molecule has 3 aromatic rings. The molecular formula is C21H20Co2N2O4-2. The van der Waals surface area contributed by atoms with E-state index in [2.05, 4.69) is 11.9 Å². The van der Waals surface area contributed by atoms with Crippen LogP contribution in [-0.2, 0) is 43.1 Å². The third-order valence-electron chi connectivity index (χ3n) is 4.31. The van der Waals surface area contributed by atoms with E-state index in [4.69, 9.17) is 4.74 Å². The Morgan fingerprint density at radius 2 is 1.79 bits per heavy atom. The number of aliphatic hydroxyl groups excluding tert-OH is 1. The number of carbonyl (C=O) groups is 1. The second-order valence-electron chi connectivity index (χ2n) is 5.73. The molecule has 0 saturated carbocycles. The van der Waals surface area contributed by atoms with Crippen LogP contribution in [0, 0.1) is 13.0 Å². The number of esters is 1. The van der Waals surface area contributed by atoms with Gasteiger partial charge in [0.1, 0.15) is 0 Å². The number of aromatic nitrogens is 2. The van der Waals surface area contributed by atoms with E-state index in [1.807, 2.05) is 0 Å². The van der Waals surface area contributed by atoms with Gasteiger partial charge in [0.25, 0.3) is 5.56 Å². The summed E-state index contributed by atoms with van der Waals surface area (Å²) in [5, 5.41) is 11.0. The molecule has 0 saturated heterocycles. The first-order chi connectivity index (χ1) is 13.1. The quantitative estimate of drug-likeness (QED) is 0.459. The van der Waals surface area contributed by atoms with Gasteiger partial charge in [-0.1, -0.05) is 30.3 Å². The number of rotatable bonds is 3. The van der Waals surface area contributed by atoms with Crippen LogP contribution in [-0.4, -0.2) is 27.2 Å². The van der Waals surface area contributed by atoms with Crippen molar-refractivity contribution in [2.75, 3.05) is 6.61 Å². The van der Waals surface area contributed by atoms with Crippen molar-refractivity contribution >= 4 is 16.9 Å². The van der Waals surface area contributed by atoms with E-state index < -0.39 is 18.0 Å². The number of fused-ring (bicyclic) bond motifs is 4. The summed E-state index contributed by atoms with van der Waals surface area (Å²) in [5.41, 5.74) is 1.55. The van der Waals surface area contributed by atoms with Gasteiger partial charge in [0.15, 0.2) is 5.97 Å². The summed E-state index contributed by atoms with van der Waals surface area (Å²) in [6, 6.07) is 14.1. The van der Waals surface area contributed by atoms with E-state index in [0.29, 0.717) is 28.0 Å². The summed E-state index contributed by atoms with van der Waals surface area (Å²) in [5.74, 6) is -1.32. The third-order valence-corrected chi connectivity index (χ3v) is 4.31. The van der Waals surface area contributed by atoms with Gasteiger partial charge in [0.2, 0.25) is 0 Å². The van der Waals surface area contributed by atoms with Crippen LogP contribution in [0.15, 0.2) is 53.3 Å². The molecule has 1 unspecified atom stereocenters. The number of para-hydroxylation sites is 2. The Labute approximate surface area is 189 Å². The summed E-state index contributed by atoms with van der Waals surface area (Å²) in [7, 11) is 0. The minimum atomic E-state index is -0.826. The number of hydrogen-bond acceptors (Lipinski definition) is 5. The maximum absolute atomic E-state index is 13.0. The van der Waals surface area contributed by atoms with Crippen molar-refractivity contribution in [1.82, 2.24) is 9.55 Å². The summed E-state index contributed by atoms with van der Waals surface area (Å²) in [4.78, 5) is 29.6. The molecule has 1 aliphatic heterocycles. The van der Waals surface area contributed by atoms with Gasteiger partial charge in [-0.05, 0) is 36.6 Å². The Hall–Kier alpha value is -2.11. The van der Waals surface area contributed by atoms with Crippen LogP contribution < -0.4 is 5.56 Å². The molecule has 1 aliphatic rings. The number of aliphatic hydroxyl groups is 1. The number of ether oxygens (including phenoxy) is 1. The van der Waals surface area contributed by atoms with Crippen LogP contribution in [0.1, 0.15) is 31.2 Å². The van der Waals surface area contributed by atoms with Crippen molar-refractivity contribution in [2.24, 2.45) is 0 Å². The predicted octanol–water partition coefficient (Wildman–Crippen LogP) is 3.13. The Bertz CT molecular complexity index is 1050. The van der Waals surface area contributed by atoms with Gasteiger partial charge in [-0.25, -0.2) is 4.98 Å². The zero-order valence-corrected chi connectivity index (χ0v) is 17.9. The van der Waals surface area contributed by atoms with Crippen LogP contribution in [0.25, 0.3) is 16.6 Å². The third kappa shape index (κ3) is 4.26. The maximum Gasteiger partial charge on any atom is 0.265 e. The molecule has 0 amide bonds. The van der Waals surface area contributed by atoms with Gasteiger partial charge in [-0.15, -0.1) is 6.10 Å². The van der Waals surface area contributed by atoms with Crippen LogP contribution in [0.4, 0.5) is 0 Å². The molecule has 0 spiro atoms. The van der Waals surface area contributed by atoms with Gasteiger partial charge in [-0.2, -0.15) is 6.92 Å². The van der Waals surface area contributed by atoms with Crippen molar-refractivity contribution < 1.29 is 48.2 Å². The first-order valence-corrected chi connectivity index (χ1v) is 8.68. The van der Waals surface area contributed by atoms with E-state index in [-0.39, 0.29) is 45.7 Å². The molecule has 0 aliphatic carbocycles. The largest absolute Gasteiger partial charge is 0.533 e. The zero-order valence-electron chi connectivity index (χ0n) is 15.8. The normalized spacial score (nSPS) is 13.0. The monoisotopic (exact) mass is 482 g/mol. The molecule has 4 rings (SSSR count). The first-order valence-electron chi connectivity index (χ1n) is 8.68. The van der Waals surface area contributed by atoms with Gasteiger partial charge in [0, 0.05) is 33.6 Å². The van der Waals surface area contributed by atoms with E-state index in [1.54, 1.807) is 62.4 Å². The molecule has 1 N–H and O–H groups in total. The number of nitrogens with zero attached hydrogens (tertiary/aromatic N) is 2. The Balaban J connectivity index is 0.00000102. The molecule has 2 aromatic carbocycles. The van der Waals surface area contributed by atoms with Gasteiger partial charge >= 0.3 is 0 Å². The molecule has 29 heavy (non-hydrogen) atoms. The predicted molar refractivity (Wildman–Crippen MR) is 102 cm³/mol. The fraction of sp³-hybridized carbons (Fsp3) is 0.190. The zero-order chi connectivity index (χ0) is 19.6. The second-order valence-corrected chi connectivity index (χ2v) is 5.73. The van der Waals surface area contributed by atoms with Crippen LogP contribution in [0.3, 0.4) is 0 Å². The van der Waals surface area contributed by atoms with E-state index in [9.17, 15) is 14.7 Å². The first kappa shape index (κ1) is 24.9. The van der Waals surface area contributed by atoms with Gasteiger partial charge < -0.3 is 16.8 Å². The Kier molecular flexibility index (Phi) is 9.12. The van der Waals surface area contributed by atoms with Crippen molar-refractivity contribution in [3.8, 4) is 5.69 Å². The van der Waals surface area contributed by atoms with Crippen molar-refractivity contribution in [3.05, 3.63) is 83.3 Å². The molecule has 158 valence electrons. The Morgan fingerprint density at radius 1 is 1.17 bits per heavy atom. The van der Waals surface area contributed by atoms with Crippen LogP contribution >= 0.6 is 0 Å². The molecule has 8 heteroatoms. The molecule has 1 atom stereocenters. The van der Waals surface area contributed by atoms with Crippen molar-refractivity contribution in [3.63, 3.8) is 0 Å². The van der Waals surface area contributed by atoms with Crippen LogP contribution in [0.5, 0.6) is 0 Å². The van der Waals surface area contributed by atoms with E-state index in [1.165, 1.54) is 4.57 Å². The smallest absolute Gasteiger partial charge is 0.265 e. The fourth-order valence-corrected chi connectivity index (χ4v) is 3.24. The second kappa shape index (κ2) is 10.6. The summed E-state index contributed by atoms with van der Waals surface area (Å²) in [6.45, 7) is 6.81. The molecule has 2 radical (unpaired) electrons. The standard InChI is InChI=1S/C19H15N2O4.C2H5.2Co/c1-2-25-19(24)16(22)15-12-8-4-6-10-14(12)21-17(15)20-13-9-5-3-7-11(13)18(21)23;1-2;;/h3-10,15,22H,2H2,1H3;1H2,2H3;;/q2*-1;;. The van der Waals surface area contributed by atoms with E-state index in [0.717, 1.165) is 0 Å². The minimum Gasteiger partial charge on any atom is -0.533 e. The fourth-order valence-electron chi connectivity index (χ4n) is 3.24. The summed E-state index contributed by atoms with van der Waals surface area (Å²) in [6.07, 6.45) is -0.470. The number of hydrogen-bond donors (Lipinski definition) is 1. The molecular weight excluding hydrogens is 462 g/mol. The molecule has 6 nitrogen and oxygen atoms in total. The maximum atomic E-state index is 13.0. The number of carbonyl (C=O) groups excluding carboxylic acids is 1. The van der Waals surface area contributed by atoms with Gasteiger partial charge in [0.05, 0.1) is 29.0 Å². The Morgan fingerprint density at radius 3 is 2.48 bits per heavy atom. The minimum absolute atomic E-state index is 0. The van der Waals surface area contributed by atoms with E-state index >= 15 is 0 Å². The van der Waals surface area contributed by atoms with Crippen molar-refractivity contribution in [1.29, 1.82) is 0 Å². The average Bonchev–Trinajstić information content (AvgIpc) is 3.03. The molecule has 0 bridgehead atoms. The number of benzene rings is 2. The van der Waals surface area contributed by atoms with Gasteiger partial charge in [-0.3, -0.25) is 14.2 Å². The summed E-state index contributed by atoms with van der Waals surface area (Å²) < 4.78 is 6.38. The SMILES string of the molecule is CCOC(=O)[C-](O)C1c2ccccc2-n2c1nc1ccccc1c2=O.[CH2-]C.[Co].[Co]. The topological polar surface area (TPSA) is 81.4 Å². The summed E-state index contributed by atoms with van der Waals surface area (Å²) >= 11 is 0. The molecule has 2 heterocycles. The van der Waals surface area contributed by atoms with Crippen LogP contribution in [0.2, 0.25) is 0 Å². The van der Waals surface area contributed by atoms with Crippen molar-refractivity contribution in [2.45, 2.75) is 19.8 Å². The molecule has 1 aromatic heterocycles.